The lowest BCUT2D eigenvalue weighted by Gasteiger charge is -2.27. The van der Waals surface area contributed by atoms with Gasteiger partial charge in [0.2, 0.25) is 0 Å². The summed E-state index contributed by atoms with van der Waals surface area (Å²) in [5.74, 6) is 1.31. The molecule has 0 atom stereocenters. The van der Waals surface area contributed by atoms with E-state index in [-0.39, 0.29) is 53.4 Å². The molecule has 0 bridgehead atoms. The van der Waals surface area contributed by atoms with E-state index in [9.17, 15) is 33.5 Å². The maximum atomic E-state index is 12.9. The lowest BCUT2D eigenvalue weighted by Crippen LogP contribution is -2.40. The number of halogens is 4. The molecule has 1 aliphatic rings. The summed E-state index contributed by atoms with van der Waals surface area (Å²) >= 11 is 17.7. The van der Waals surface area contributed by atoms with Crippen molar-refractivity contribution in [3.05, 3.63) is 374 Å². The second kappa shape index (κ2) is 42.2. The third-order valence-electron chi connectivity index (χ3n) is 19.6. The number of imidazole rings is 1. The Hall–Kier alpha value is -14.4. The topological polar surface area (TPSA) is 264 Å². The first kappa shape index (κ1) is 87.5. The molecule has 124 heavy (non-hydrogen) atoms. The minimum atomic E-state index is -0.423. The number of aromatic amines is 1. The van der Waals surface area contributed by atoms with Crippen molar-refractivity contribution in [2.24, 2.45) is 0 Å². The summed E-state index contributed by atoms with van der Waals surface area (Å²) in [4.78, 5) is 78.7. The maximum absolute atomic E-state index is 12.9. The number of Topliss-reactive ketones (excluding diaryl/α,β-unsaturated/α-hetero) is 1. The van der Waals surface area contributed by atoms with Crippen LogP contribution in [0.15, 0.2) is 307 Å². The number of fused-ring (bicyclic) bond motifs is 4. The van der Waals surface area contributed by atoms with Gasteiger partial charge < -0.3 is 52.6 Å². The van der Waals surface area contributed by atoms with Gasteiger partial charge in [-0.1, -0.05) is 167 Å². The van der Waals surface area contributed by atoms with Crippen molar-refractivity contribution in [3.63, 3.8) is 0 Å². The Bertz CT molecular complexity index is 6590. The van der Waals surface area contributed by atoms with Crippen LogP contribution in [0.1, 0.15) is 65.9 Å². The lowest BCUT2D eigenvalue weighted by molar-refractivity contribution is -0.123. The van der Waals surface area contributed by atoms with E-state index in [1.807, 2.05) is 147 Å². The number of nitrogens with one attached hydrogen (secondary N) is 2. The van der Waals surface area contributed by atoms with Crippen LogP contribution in [-0.2, 0) is 27.1 Å². The maximum Gasteiger partial charge on any atom is 0.343 e. The summed E-state index contributed by atoms with van der Waals surface area (Å²) in [6.07, 6.45) is 12.2. The van der Waals surface area contributed by atoms with Crippen LogP contribution >= 0.6 is 34.8 Å². The molecule has 0 radical (unpaired) electrons. The first-order chi connectivity index (χ1) is 60.2. The van der Waals surface area contributed by atoms with Crippen molar-refractivity contribution in [3.8, 4) is 73.6 Å². The predicted octanol–water partition coefficient (Wildman–Crippen LogP) is 20.2. The number of nitrogens with zero attached hydrogens (tertiary/aromatic N) is 9. The Morgan fingerprint density at radius 2 is 1.33 bits per heavy atom. The number of ether oxygens (including phenoxy) is 4. The summed E-state index contributed by atoms with van der Waals surface area (Å²) in [5, 5.41) is 22.4. The quantitative estimate of drug-likeness (QED) is 0.0532. The molecule has 626 valence electrons. The first-order valence-electron chi connectivity index (χ1n) is 39.6. The number of aromatic nitrogens is 9. The lowest BCUT2D eigenvalue weighted by atomic mass is 10.1. The van der Waals surface area contributed by atoms with E-state index in [0.29, 0.717) is 105 Å². The largest absolute Gasteiger partial charge is 0.508 e. The van der Waals surface area contributed by atoms with Crippen molar-refractivity contribution in [2.45, 2.75) is 40.5 Å². The van der Waals surface area contributed by atoms with Gasteiger partial charge in [0.1, 0.15) is 40.1 Å². The zero-order valence-electron chi connectivity index (χ0n) is 68.2. The van der Waals surface area contributed by atoms with E-state index in [4.69, 9.17) is 58.3 Å². The van der Waals surface area contributed by atoms with E-state index < -0.39 is 5.97 Å². The molecule has 22 nitrogen and oxygen atoms in total. The molecular weight excluding hydrogens is 1630 g/mol. The summed E-state index contributed by atoms with van der Waals surface area (Å²) in [6, 6.07) is 79.5. The number of amides is 2. The third-order valence-corrected chi connectivity index (χ3v) is 20.6. The minimum Gasteiger partial charge on any atom is -0.508 e. The normalized spacial score (nSPS) is 11.4. The monoisotopic (exact) mass is 1720 g/mol. The molecule has 2 amide bonds. The van der Waals surface area contributed by atoms with Gasteiger partial charge >= 0.3 is 5.97 Å². The molecule has 17 aromatic rings. The Labute approximate surface area is 728 Å². The minimum absolute atomic E-state index is 0.0987. The molecule has 0 spiro atoms. The highest BCUT2D eigenvalue weighted by atomic mass is 35.5. The van der Waals surface area contributed by atoms with Crippen LogP contribution < -0.4 is 20.3 Å². The number of benzene rings is 9. The highest BCUT2D eigenvalue weighted by molar-refractivity contribution is 6.42. The number of carbonyl (C=O) groups excluding carboxylic acids is 4. The van der Waals surface area contributed by atoms with Crippen molar-refractivity contribution in [2.75, 3.05) is 53.2 Å². The summed E-state index contributed by atoms with van der Waals surface area (Å²) in [6.45, 7) is 10.9. The average Bonchev–Trinajstić information content (AvgIpc) is 1.58. The second-order valence-corrected chi connectivity index (χ2v) is 29.7. The number of para-hydroxylation sites is 2. The van der Waals surface area contributed by atoms with E-state index in [1.54, 1.807) is 127 Å². The number of rotatable bonds is 18. The Morgan fingerprint density at radius 3 is 2.07 bits per heavy atom. The molecule has 0 saturated carbocycles. The predicted molar refractivity (Wildman–Crippen MR) is 481 cm³/mol. The zero-order chi connectivity index (χ0) is 87.0. The standard InChI is InChI=1S/C21H24N2O4.C17H11Cl2NO3.C15H12ClN3O2.C15H12FN.C15H14N2O.C15H12N2O/c24-20(22-11-10-17-6-2-1-3-7-17)16-27-19-9-5-4-8-18(19)21(25)23-12-14-26-15-13-23;18-13-5-4-11(8-14(13)19)17-9-15(20-23-17)16(22)7-10-2-1-3-12(21)6-10;1-2-21-15(20)12-9-18-19-13(7-8-17-14(12)19)10-3-5-11(16)6-4-10;1-11-6-7-17-10-13(9-15(17)8-11)12-2-4-14(16)5-3-12;1-11-4-3-9-17-10-14(16-15(11)17)12-5-7-13(18-2)8-6-12;1-10-6-8-11(9-7-10)14-16-13-5-3-2-4-12(13)15(18)17-14/h1-9H,10-16H2,(H,22,24);1-6,8-9,21H,7H2;3-9H,2H2,1H3;2-10H,1H3;3-10H,1-2H3;2-9H,1H3,(H,16,17,18). The number of pyridine rings is 2. The number of esters is 1. The molecule has 9 aromatic carbocycles. The number of aromatic hydroxyl groups is 1. The number of ketones is 1. The van der Waals surface area contributed by atoms with Crippen LogP contribution in [-0.4, -0.2) is 130 Å². The molecule has 9 heterocycles. The first-order valence-corrected chi connectivity index (χ1v) is 40.7. The van der Waals surface area contributed by atoms with Crippen LogP contribution in [0.5, 0.6) is 17.2 Å². The Kier molecular flexibility index (Phi) is 29.8. The molecule has 26 heteroatoms. The molecule has 0 aliphatic carbocycles. The SMILES string of the molecule is CCOC(=O)c1cnn2c(-c3ccc(Cl)cc3)ccnc12.COc1ccc(-c2cn3cccc(C)c3n2)cc1.Cc1ccc(-c2nc3ccccc3c(=O)[nH]2)cc1.Cc1ccn2cc(-c3ccc(F)cc3)cc2c1.O=C(COc1ccccc1C(=O)N1CCOCC1)NCCc1ccccc1.O=C(Cc1cccc(O)c1)c1cc(-c2ccc(Cl)c(Cl)c2)on1. The van der Waals surface area contributed by atoms with Crippen LogP contribution in [0, 0.1) is 26.6 Å². The third kappa shape index (κ3) is 23.2. The highest BCUT2D eigenvalue weighted by Crippen LogP contribution is 2.32. The number of aryl methyl sites for hydroxylation is 3. The van der Waals surface area contributed by atoms with Crippen molar-refractivity contribution >= 4 is 86.1 Å². The molecular formula is C98H85Cl3FN11O11. The van der Waals surface area contributed by atoms with E-state index in [1.165, 1.54) is 46.6 Å². The zero-order valence-corrected chi connectivity index (χ0v) is 70.5. The number of morpholine rings is 1. The number of hydrogen-bond donors (Lipinski definition) is 3. The number of hydrogen-bond acceptors (Lipinski definition) is 16. The van der Waals surface area contributed by atoms with Crippen LogP contribution in [0.2, 0.25) is 15.1 Å². The highest BCUT2D eigenvalue weighted by Gasteiger charge is 2.23. The molecule has 0 unspecified atom stereocenters. The molecule has 1 saturated heterocycles. The van der Waals surface area contributed by atoms with Crippen LogP contribution in [0.25, 0.3) is 84.1 Å². The van der Waals surface area contributed by atoms with Crippen molar-refractivity contribution < 1.29 is 52.1 Å². The Morgan fingerprint density at radius 1 is 0.621 bits per heavy atom. The second-order valence-electron chi connectivity index (χ2n) is 28.4. The number of carbonyl (C=O) groups is 4. The van der Waals surface area contributed by atoms with Gasteiger partial charge in [-0.25, -0.2) is 28.7 Å². The Balaban J connectivity index is 0.000000129. The molecule has 18 rings (SSSR count). The van der Waals surface area contributed by atoms with Gasteiger partial charge in [0.15, 0.2) is 29.5 Å². The van der Waals surface area contributed by atoms with Gasteiger partial charge in [0.05, 0.1) is 71.0 Å². The summed E-state index contributed by atoms with van der Waals surface area (Å²) in [7, 11) is 1.67. The number of phenolic OH excluding ortho intramolecular Hbond substituents is 1. The fourth-order valence-electron chi connectivity index (χ4n) is 13.1. The smallest absolute Gasteiger partial charge is 0.343 e. The number of methoxy groups -OCH3 is 1. The van der Waals surface area contributed by atoms with Crippen molar-refractivity contribution in [1.82, 2.24) is 53.7 Å². The fraction of sp³-hybridized carbons (Fsp3) is 0.143. The van der Waals surface area contributed by atoms with E-state index >= 15 is 0 Å². The number of phenols is 1. The van der Waals surface area contributed by atoms with Crippen LogP contribution in [0.4, 0.5) is 4.39 Å². The molecule has 1 aliphatic heterocycles. The number of H-pyrrole nitrogens is 1. The van der Waals surface area contributed by atoms with Gasteiger partial charge in [-0.05, 0) is 195 Å². The van der Waals surface area contributed by atoms with Gasteiger partial charge in [0, 0.05) is 101 Å². The van der Waals surface area contributed by atoms with E-state index in [0.717, 1.165) is 68.1 Å². The van der Waals surface area contributed by atoms with Gasteiger partial charge in [0.25, 0.3) is 17.4 Å². The average molecular weight is 1720 g/mol. The van der Waals surface area contributed by atoms with E-state index in [2.05, 4.69) is 88.6 Å². The van der Waals surface area contributed by atoms with Crippen LogP contribution in [0.3, 0.4) is 0 Å². The van der Waals surface area contributed by atoms with Gasteiger partial charge in [-0.15, -0.1) is 0 Å². The molecule has 8 aromatic heterocycles. The van der Waals surface area contributed by atoms with Gasteiger partial charge in [-0.2, -0.15) is 5.10 Å². The summed E-state index contributed by atoms with van der Waals surface area (Å²) in [5.41, 5.74) is 17.3. The molecule has 3 N–H and O–H groups in total. The van der Waals surface area contributed by atoms with Gasteiger partial charge in [-0.3, -0.25) is 19.2 Å². The molecule has 1 fully saturated rings. The van der Waals surface area contributed by atoms with Crippen molar-refractivity contribution in [1.29, 1.82) is 0 Å². The fourth-order valence-corrected chi connectivity index (χ4v) is 13.5. The summed E-state index contributed by atoms with van der Waals surface area (Å²) < 4.78 is 44.9.